The molecule has 0 atom stereocenters. The minimum Gasteiger partial charge on any atom is -0.452 e. The van der Waals surface area contributed by atoms with Crippen molar-refractivity contribution in [3.8, 4) is 5.75 Å². The maximum absolute atomic E-state index is 12.9. The van der Waals surface area contributed by atoms with Crippen molar-refractivity contribution in [1.29, 1.82) is 0 Å². The van der Waals surface area contributed by atoms with Crippen molar-refractivity contribution in [3.05, 3.63) is 69.8 Å². The lowest BCUT2D eigenvalue weighted by molar-refractivity contribution is -0.0493. The third-order valence-corrected chi connectivity index (χ3v) is 4.65. The van der Waals surface area contributed by atoms with Gasteiger partial charge in [-0.2, -0.15) is 13.5 Å². The molecular weight excluding hydrogens is 429 g/mol. The van der Waals surface area contributed by atoms with E-state index in [4.69, 9.17) is 27.6 Å². The van der Waals surface area contributed by atoms with Crippen LogP contribution in [-0.2, 0) is 0 Å². The van der Waals surface area contributed by atoms with Gasteiger partial charge < -0.3 is 14.4 Å². The maximum atomic E-state index is 12.9. The van der Waals surface area contributed by atoms with E-state index in [2.05, 4.69) is 9.73 Å². The van der Waals surface area contributed by atoms with Crippen molar-refractivity contribution in [2.75, 3.05) is 0 Å². The second-order valence-electron chi connectivity index (χ2n) is 5.89. The summed E-state index contributed by atoms with van der Waals surface area (Å²) >= 11 is 12.0. The Labute approximate surface area is 171 Å². The second-order valence-corrected chi connectivity index (χ2v) is 6.71. The van der Waals surface area contributed by atoms with E-state index in [-0.39, 0.29) is 37.7 Å². The molecule has 0 aliphatic heterocycles. The number of pyridine rings is 1. The Hall–Kier alpha value is -3.10. The zero-order valence-corrected chi connectivity index (χ0v) is 15.8. The highest BCUT2D eigenvalue weighted by Crippen LogP contribution is 2.38. The normalized spacial score (nSPS) is 11.3. The average Bonchev–Trinajstić information content (AvgIpc) is 3.04. The number of fused-ring (bicyclic) bond motifs is 3. The molecule has 1 amide bonds. The Morgan fingerprint density at radius 2 is 1.83 bits per heavy atom. The molecule has 6 nitrogen and oxygen atoms in total. The second kappa shape index (κ2) is 7.38. The molecule has 0 unspecified atom stereocenters. The van der Waals surface area contributed by atoms with Crippen molar-refractivity contribution in [2.45, 2.75) is 6.61 Å². The molecule has 4 rings (SSSR count). The van der Waals surface area contributed by atoms with Gasteiger partial charge in [0.1, 0.15) is 10.9 Å². The van der Waals surface area contributed by atoms with E-state index in [1.165, 1.54) is 12.1 Å². The van der Waals surface area contributed by atoms with Crippen LogP contribution in [0.5, 0.6) is 5.75 Å². The number of furan rings is 1. The number of amides is 1. The average molecular weight is 439 g/mol. The highest BCUT2D eigenvalue weighted by Gasteiger charge is 2.21. The lowest BCUT2D eigenvalue weighted by Crippen LogP contribution is -2.12. The maximum Gasteiger partial charge on any atom is 0.387 e. The predicted molar refractivity (Wildman–Crippen MR) is 102 cm³/mol. The molecule has 2 heterocycles. The van der Waals surface area contributed by atoms with E-state index in [1.54, 1.807) is 24.3 Å². The smallest absolute Gasteiger partial charge is 0.387 e. The Morgan fingerprint density at radius 3 is 2.52 bits per heavy atom. The van der Waals surface area contributed by atoms with Gasteiger partial charge >= 0.3 is 6.61 Å². The number of benzene rings is 2. The summed E-state index contributed by atoms with van der Waals surface area (Å²) < 4.78 is 36.3. The Bertz CT molecular complexity index is 1310. The zero-order valence-electron chi connectivity index (χ0n) is 14.3. The SMILES string of the molecule is O=C(N=c1c(Cl)cn(O)cc1Cl)c1ccc(OC(F)F)c2oc3ccccc3c12. The molecule has 0 aliphatic carbocycles. The topological polar surface area (TPSA) is 77.0 Å². The molecule has 0 bridgehead atoms. The van der Waals surface area contributed by atoms with Crippen LogP contribution >= 0.6 is 23.2 Å². The Morgan fingerprint density at radius 1 is 1.14 bits per heavy atom. The van der Waals surface area contributed by atoms with Gasteiger partial charge in [-0.25, -0.2) is 4.99 Å². The fourth-order valence-corrected chi connectivity index (χ4v) is 3.48. The molecule has 2 aromatic carbocycles. The molecule has 148 valence electrons. The zero-order chi connectivity index (χ0) is 20.7. The van der Waals surface area contributed by atoms with Gasteiger partial charge in [-0.15, -0.1) is 0 Å². The van der Waals surface area contributed by atoms with E-state index in [1.807, 2.05) is 0 Å². The molecule has 0 spiro atoms. The first kappa shape index (κ1) is 19.2. The molecule has 0 aliphatic rings. The number of para-hydroxylation sites is 1. The molecule has 29 heavy (non-hydrogen) atoms. The summed E-state index contributed by atoms with van der Waals surface area (Å²) in [5.74, 6) is -0.940. The van der Waals surface area contributed by atoms with Gasteiger partial charge in [0.2, 0.25) is 0 Å². The molecule has 1 N–H and O–H groups in total. The standard InChI is InChI=1S/C19H10Cl2F2N2O4/c20-11-7-25(27)8-12(21)16(11)24-18(26)10-5-6-14(29-19(22)23)17-15(10)9-3-1-2-4-13(9)28-17/h1-8,19,27H. The fourth-order valence-electron chi connectivity index (χ4n) is 2.95. The Kier molecular flexibility index (Phi) is 4.89. The minimum absolute atomic E-state index is 0.00833. The highest BCUT2D eigenvalue weighted by molar-refractivity contribution is 6.34. The molecule has 4 aromatic rings. The van der Waals surface area contributed by atoms with Gasteiger partial charge in [0.25, 0.3) is 5.91 Å². The summed E-state index contributed by atoms with van der Waals surface area (Å²) in [4.78, 5) is 16.8. The van der Waals surface area contributed by atoms with Crippen LogP contribution in [0.15, 0.2) is 58.2 Å². The fraction of sp³-hybridized carbons (Fsp3) is 0.0526. The van der Waals surface area contributed by atoms with E-state index >= 15 is 0 Å². The molecule has 0 radical (unpaired) electrons. The number of carbonyl (C=O) groups excluding carboxylic acids is 1. The summed E-state index contributed by atoms with van der Waals surface area (Å²) in [7, 11) is 0. The van der Waals surface area contributed by atoms with Crippen LogP contribution < -0.4 is 10.1 Å². The number of carbonyl (C=O) groups is 1. The lowest BCUT2D eigenvalue weighted by atomic mass is 10.1. The lowest BCUT2D eigenvalue weighted by Gasteiger charge is -2.07. The third kappa shape index (κ3) is 3.52. The van der Waals surface area contributed by atoms with Gasteiger partial charge in [0.05, 0.1) is 28.0 Å². The van der Waals surface area contributed by atoms with Crippen molar-refractivity contribution in [1.82, 2.24) is 4.73 Å². The molecule has 10 heteroatoms. The molecule has 2 aromatic heterocycles. The highest BCUT2D eigenvalue weighted by atomic mass is 35.5. The van der Waals surface area contributed by atoms with Crippen LogP contribution in [0.1, 0.15) is 10.4 Å². The van der Waals surface area contributed by atoms with Crippen LogP contribution in [0, 0.1) is 0 Å². The Balaban J connectivity index is 1.97. The summed E-state index contributed by atoms with van der Waals surface area (Å²) in [6.07, 6.45) is 2.23. The van der Waals surface area contributed by atoms with Crippen LogP contribution in [-0.4, -0.2) is 22.5 Å². The molecule has 0 saturated heterocycles. The van der Waals surface area contributed by atoms with Crippen molar-refractivity contribution < 1.29 is 27.9 Å². The van der Waals surface area contributed by atoms with Gasteiger partial charge in [-0.05, 0) is 18.2 Å². The van der Waals surface area contributed by atoms with Crippen molar-refractivity contribution >= 4 is 51.0 Å². The summed E-state index contributed by atoms with van der Waals surface area (Å²) in [6.45, 7) is -3.07. The molecule has 0 fully saturated rings. The van der Waals surface area contributed by atoms with E-state index in [0.29, 0.717) is 15.7 Å². The van der Waals surface area contributed by atoms with Gasteiger partial charge in [-0.1, -0.05) is 41.4 Å². The number of halogens is 4. The number of aromatic nitrogens is 1. The quantitative estimate of drug-likeness (QED) is 0.441. The summed E-state index contributed by atoms with van der Waals surface area (Å²) in [6, 6.07) is 9.26. The van der Waals surface area contributed by atoms with E-state index in [9.17, 15) is 18.8 Å². The number of hydrogen-bond acceptors (Lipinski definition) is 4. The van der Waals surface area contributed by atoms with Crippen LogP contribution in [0.2, 0.25) is 10.0 Å². The number of rotatable bonds is 3. The first-order valence-electron chi connectivity index (χ1n) is 8.10. The third-order valence-electron chi connectivity index (χ3n) is 4.09. The largest absolute Gasteiger partial charge is 0.452 e. The van der Waals surface area contributed by atoms with Crippen LogP contribution in [0.25, 0.3) is 21.9 Å². The van der Waals surface area contributed by atoms with Crippen LogP contribution in [0.3, 0.4) is 0 Å². The molecular formula is C19H10Cl2F2N2O4. The first-order chi connectivity index (χ1) is 13.8. The van der Waals surface area contributed by atoms with Gasteiger partial charge in [-0.3, -0.25) is 4.79 Å². The van der Waals surface area contributed by atoms with Crippen molar-refractivity contribution in [2.24, 2.45) is 4.99 Å². The number of hydrogen-bond donors (Lipinski definition) is 1. The predicted octanol–water partition coefficient (Wildman–Crippen LogP) is 5.27. The van der Waals surface area contributed by atoms with E-state index < -0.39 is 12.5 Å². The van der Waals surface area contributed by atoms with Crippen molar-refractivity contribution in [3.63, 3.8) is 0 Å². The van der Waals surface area contributed by atoms with E-state index in [0.717, 1.165) is 12.4 Å². The first-order valence-corrected chi connectivity index (χ1v) is 8.85. The minimum atomic E-state index is -3.07. The van der Waals surface area contributed by atoms with Gasteiger partial charge in [0, 0.05) is 10.8 Å². The van der Waals surface area contributed by atoms with Crippen LogP contribution in [0.4, 0.5) is 8.78 Å². The summed E-state index contributed by atoms with van der Waals surface area (Å²) in [5, 5.41) is 10.1. The molecule has 0 saturated carbocycles. The summed E-state index contributed by atoms with van der Waals surface area (Å²) in [5.41, 5.74) is 0.462. The van der Waals surface area contributed by atoms with Gasteiger partial charge in [0.15, 0.2) is 11.3 Å². The number of nitrogens with zero attached hydrogens (tertiary/aromatic N) is 2. The monoisotopic (exact) mass is 438 g/mol. The number of ether oxygens (including phenoxy) is 1. The number of alkyl halides is 2.